The molecular weight excluding hydrogens is 218 g/mol. The summed E-state index contributed by atoms with van der Waals surface area (Å²) in [7, 11) is 1.38. The molecule has 0 aliphatic rings. The van der Waals surface area contributed by atoms with Gasteiger partial charge < -0.3 is 15.2 Å². The van der Waals surface area contributed by atoms with Crippen molar-refractivity contribution in [3.05, 3.63) is 29.8 Å². The number of benzene rings is 1. The lowest BCUT2D eigenvalue weighted by Gasteiger charge is -2.13. The average molecular weight is 237 g/mol. The number of ether oxygens (including phenoxy) is 2. The third-order valence-corrected chi connectivity index (χ3v) is 2.42. The molecule has 0 heterocycles. The second-order valence-electron chi connectivity index (χ2n) is 3.85. The lowest BCUT2D eigenvalue weighted by molar-refractivity contribution is -0.140. The second kappa shape index (κ2) is 6.91. The summed E-state index contributed by atoms with van der Waals surface area (Å²) >= 11 is 0. The fourth-order valence-corrected chi connectivity index (χ4v) is 1.49. The van der Waals surface area contributed by atoms with Gasteiger partial charge in [-0.1, -0.05) is 18.2 Å². The maximum atomic E-state index is 10.9. The SMILES string of the molecule is COC(=O)CCCOc1ccccc1C(C)N. The maximum Gasteiger partial charge on any atom is 0.305 e. The van der Waals surface area contributed by atoms with Gasteiger partial charge in [-0.15, -0.1) is 0 Å². The number of esters is 1. The number of rotatable bonds is 6. The van der Waals surface area contributed by atoms with Crippen LogP contribution in [-0.4, -0.2) is 19.7 Å². The van der Waals surface area contributed by atoms with Gasteiger partial charge in [0.05, 0.1) is 13.7 Å². The number of para-hydroxylation sites is 1. The summed E-state index contributed by atoms with van der Waals surface area (Å²) in [6, 6.07) is 7.60. The molecule has 4 heteroatoms. The Morgan fingerprint density at radius 3 is 2.76 bits per heavy atom. The van der Waals surface area contributed by atoms with E-state index in [-0.39, 0.29) is 12.0 Å². The maximum absolute atomic E-state index is 10.9. The fraction of sp³-hybridized carbons (Fsp3) is 0.462. The number of hydrogen-bond donors (Lipinski definition) is 1. The molecule has 0 amide bonds. The predicted molar refractivity (Wildman–Crippen MR) is 65.8 cm³/mol. The molecule has 17 heavy (non-hydrogen) atoms. The molecule has 1 aromatic rings. The number of carbonyl (C=O) groups is 1. The monoisotopic (exact) mass is 237 g/mol. The van der Waals surface area contributed by atoms with Crippen molar-refractivity contribution in [1.29, 1.82) is 0 Å². The number of methoxy groups -OCH3 is 1. The number of nitrogens with two attached hydrogens (primary N) is 1. The van der Waals surface area contributed by atoms with Crippen molar-refractivity contribution in [2.24, 2.45) is 5.73 Å². The van der Waals surface area contributed by atoms with Crippen LogP contribution in [0.2, 0.25) is 0 Å². The van der Waals surface area contributed by atoms with E-state index in [1.807, 2.05) is 31.2 Å². The highest BCUT2D eigenvalue weighted by Crippen LogP contribution is 2.23. The van der Waals surface area contributed by atoms with Crippen LogP contribution in [0.15, 0.2) is 24.3 Å². The van der Waals surface area contributed by atoms with Gasteiger partial charge in [0, 0.05) is 18.0 Å². The van der Waals surface area contributed by atoms with Gasteiger partial charge in [-0.3, -0.25) is 4.79 Å². The van der Waals surface area contributed by atoms with Gasteiger partial charge in [0.1, 0.15) is 5.75 Å². The van der Waals surface area contributed by atoms with E-state index in [4.69, 9.17) is 10.5 Å². The molecule has 94 valence electrons. The van der Waals surface area contributed by atoms with Crippen LogP contribution >= 0.6 is 0 Å². The van der Waals surface area contributed by atoms with E-state index in [0.717, 1.165) is 11.3 Å². The fourth-order valence-electron chi connectivity index (χ4n) is 1.49. The van der Waals surface area contributed by atoms with Gasteiger partial charge in [0.2, 0.25) is 0 Å². The van der Waals surface area contributed by atoms with Crippen LogP contribution in [0, 0.1) is 0 Å². The number of carbonyl (C=O) groups excluding carboxylic acids is 1. The van der Waals surface area contributed by atoms with E-state index in [1.54, 1.807) is 0 Å². The molecule has 1 aromatic carbocycles. The van der Waals surface area contributed by atoms with Crippen LogP contribution in [0.3, 0.4) is 0 Å². The van der Waals surface area contributed by atoms with Crippen molar-refractivity contribution in [2.75, 3.05) is 13.7 Å². The third kappa shape index (κ3) is 4.44. The predicted octanol–water partition coefficient (Wildman–Crippen LogP) is 2.04. The van der Waals surface area contributed by atoms with Gasteiger partial charge >= 0.3 is 5.97 Å². The molecule has 2 N–H and O–H groups in total. The lowest BCUT2D eigenvalue weighted by atomic mass is 10.1. The van der Waals surface area contributed by atoms with Crippen LogP contribution < -0.4 is 10.5 Å². The van der Waals surface area contributed by atoms with Crippen molar-refractivity contribution >= 4 is 5.97 Å². The first-order valence-electron chi connectivity index (χ1n) is 5.69. The first-order valence-corrected chi connectivity index (χ1v) is 5.69. The van der Waals surface area contributed by atoms with Crippen LogP contribution in [0.1, 0.15) is 31.4 Å². The zero-order chi connectivity index (χ0) is 12.7. The molecule has 0 bridgehead atoms. The summed E-state index contributed by atoms with van der Waals surface area (Å²) in [5, 5.41) is 0. The van der Waals surface area contributed by atoms with E-state index in [1.165, 1.54) is 7.11 Å². The lowest BCUT2D eigenvalue weighted by Crippen LogP contribution is -2.09. The quantitative estimate of drug-likeness (QED) is 0.607. The zero-order valence-electron chi connectivity index (χ0n) is 10.3. The molecule has 1 unspecified atom stereocenters. The molecule has 0 fully saturated rings. The number of hydrogen-bond acceptors (Lipinski definition) is 4. The summed E-state index contributed by atoms with van der Waals surface area (Å²) in [5.74, 6) is 0.571. The highest BCUT2D eigenvalue weighted by Gasteiger charge is 2.07. The summed E-state index contributed by atoms with van der Waals surface area (Å²) in [6.07, 6.45) is 1.01. The van der Waals surface area contributed by atoms with E-state index in [9.17, 15) is 4.79 Å². The van der Waals surface area contributed by atoms with Gasteiger partial charge in [-0.25, -0.2) is 0 Å². The molecule has 0 radical (unpaired) electrons. The summed E-state index contributed by atoms with van der Waals surface area (Å²) < 4.78 is 10.2. The standard InChI is InChI=1S/C13H19NO3/c1-10(14)11-6-3-4-7-12(11)17-9-5-8-13(15)16-2/h3-4,6-7,10H,5,8-9,14H2,1-2H3. The van der Waals surface area contributed by atoms with Crippen molar-refractivity contribution < 1.29 is 14.3 Å². The van der Waals surface area contributed by atoms with Crippen molar-refractivity contribution in [2.45, 2.75) is 25.8 Å². The Morgan fingerprint density at radius 2 is 2.12 bits per heavy atom. The summed E-state index contributed by atoms with van der Waals surface area (Å²) in [6.45, 7) is 2.40. The van der Waals surface area contributed by atoms with E-state index >= 15 is 0 Å². The summed E-state index contributed by atoms with van der Waals surface area (Å²) in [5.41, 5.74) is 6.81. The minimum absolute atomic E-state index is 0.0631. The van der Waals surface area contributed by atoms with E-state index in [2.05, 4.69) is 4.74 Å². The highest BCUT2D eigenvalue weighted by molar-refractivity contribution is 5.69. The van der Waals surface area contributed by atoms with Crippen LogP contribution in [0.5, 0.6) is 5.75 Å². The molecule has 0 spiro atoms. The first-order chi connectivity index (χ1) is 8.15. The average Bonchev–Trinajstić information content (AvgIpc) is 2.34. The molecule has 0 saturated heterocycles. The van der Waals surface area contributed by atoms with Crippen LogP contribution in [0.4, 0.5) is 0 Å². The summed E-state index contributed by atoms with van der Waals surface area (Å²) in [4.78, 5) is 10.9. The largest absolute Gasteiger partial charge is 0.493 e. The van der Waals surface area contributed by atoms with Crippen molar-refractivity contribution in [3.8, 4) is 5.75 Å². The third-order valence-electron chi connectivity index (χ3n) is 2.42. The van der Waals surface area contributed by atoms with Gasteiger partial charge in [-0.05, 0) is 19.4 Å². The molecule has 0 aromatic heterocycles. The molecule has 4 nitrogen and oxygen atoms in total. The Hall–Kier alpha value is -1.55. The Bertz CT molecular complexity index is 363. The van der Waals surface area contributed by atoms with Crippen LogP contribution in [0.25, 0.3) is 0 Å². The Labute approximate surface area is 102 Å². The molecule has 1 rings (SSSR count). The normalized spacial score (nSPS) is 11.9. The van der Waals surface area contributed by atoms with Crippen molar-refractivity contribution in [1.82, 2.24) is 0 Å². The zero-order valence-corrected chi connectivity index (χ0v) is 10.3. The minimum atomic E-state index is -0.214. The van der Waals surface area contributed by atoms with Crippen LogP contribution in [-0.2, 0) is 9.53 Å². The second-order valence-corrected chi connectivity index (χ2v) is 3.85. The first kappa shape index (κ1) is 13.5. The van der Waals surface area contributed by atoms with Gasteiger partial charge in [0.25, 0.3) is 0 Å². The topological polar surface area (TPSA) is 61.5 Å². The Morgan fingerprint density at radius 1 is 1.41 bits per heavy atom. The molecule has 1 atom stereocenters. The van der Waals surface area contributed by atoms with Gasteiger partial charge in [-0.2, -0.15) is 0 Å². The minimum Gasteiger partial charge on any atom is -0.493 e. The molecule has 0 saturated carbocycles. The molecule has 0 aliphatic heterocycles. The smallest absolute Gasteiger partial charge is 0.305 e. The Balaban J connectivity index is 2.44. The molecule has 0 aliphatic carbocycles. The Kier molecular flexibility index (Phi) is 5.49. The van der Waals surface area contributed by atoms with E-state index < -0.39 is 0 Å². The molecular formula is C13H19NO3. The highest BCUT2D eigenvalue weighted by atomic mass is 16.5. The van der Waals surface area contributed by atoms with Crippen molar-refractivity contribution in [3.63, 3.8) is 0 Å². The van der Waals surface area contributed by atoms with Gasteiger partial charge in [0.15, 0.2) is 0 Å². The van der Waals surface area contributed by atoms with E-state index in [0.29, 0.717) is 19.4 Å².